The fraction of sp³-hybridized carbons (Fsp3) is 0.867. The fourth-order valence-electron chi connectivity index (χ4n) is 2.54. The fourth-order valence-corrected chi connectivity index (χ4v) is 2.54. The third-order valence-electron chi connectivity index (χ3n) is 3.79. The van der Waals surface area contributed by atoms with Gasteiger partial charge in [-0.3, -0.25) is 4.90 Å². The van der Waals surface area contributed by atoms with E-state index in [-0.39, 0.29) is 0 Å². The number of ether oxygens (including phenoxy) is 1. The zero-order valence-electron chi connectivity index (χ0n) is 12.3. The molecule has 1 rings (SSSR count). The first kappa shape index (κ1) is 15.7. The van der Waals surface area contributed by atoms with Crippen LogP contribution in [0.4, 0.5) is 0 Å². The Morgan fingerprint density at radius 1 is 1.44 bits per heavy atom. The predicted octanol–water partition coefficient (Wildman–Crippen LogP) is 2.29. The molecule has 1 fully saturated rings. The van der Waals surface area contributed by atoms with E-state index in [1.807, 2.05) is 6.08 Å². The summed E-state index contributed by atoms with van der Waals surface area (Å²) >= 11 is 0. The molecule has 0 spiro atoms. The largest absolute Gasteiger partial charge is 0.380 e. The molecule has 0 saturated carbocycles. The Hall–Kier alpha value is -0.380. The van der Waals surface area contributed by atoms with E-state index in [1.165, 1.54) is 6.42 Å². The molecule has 2 unspecified atom stereocenters. The van der Waals surface area contributed by atoms with Gasteiger partial charge in [-0.15, -0.1) is 6.58 Å². The topological polar surface area (TPSA) is 24.5 Å². The molecule has 0 radical (unpaired) electrons. The molecule has 106 valence electrons. The summed E-state index contributed by atoms with van der Waals surface area (Å²) < 4.78 is 5.64. The van der Waals surface area contributed by atoms with Gasteiger partial charge in [-0.1, -0.05) is 26.8 Å². The van der Waals surface area contributed by atoms with Crippen LogP contribution in [0.2, 0.25) is 0 Å². The lowest BCUT2D eigenvalue weighted by atomic mass is 9.98. The molecule has 0 bridgehead atoms. The van der Waals surface area contributed by atoms with Crippen LogP contribution in [0.5, 0.6) is 0 Å². The van der Waals surface area contributed by atoms with Crippen LogP contribution in [-0.2, 0) is 4.74 Å². The molecule has 3 heteroatoms. The van der Waals surface area contributed by atoms with E-state index in [1.54, 1.807) is 0 Å². The second kappa shape index (κ2) is 8.68. The number of nitrogens with zero attached hydrogens (tertiary/aromatic N) is 1. The molecule has 3 nitrogen and oxygen atoms in total. The molecular formula is C15H30N2O. The highest BCUT2D eigenvalue weighted by molar-refractivity contribution is 4.87. The van der Waals surface area contributed by atoms with Gasteiger partial charge in [0.1, 0.15) is 0 Å². The van der Waals surface area contributed by atoms with Crippen LogP contribution in [0.15, 0.2) is 12.7 Å². The smallest absolute Gasteiger partial charge is 0.0593 e. The highest BCUT2D eigenvalue weighted by atomic mass is 16.5. The Kier molecular flexibility index (Phi) is 7.56. The molecule has 1 aliphatic rings. The Morgan fingerprint density at radius 3 is 2.83 bits per heavy atom. The van der Waals surface area contributed by atoms with Crippen LogP contribution in [0.25, 0.3) is 0 Å². The van der Waals surface area contributed by atoms with Crippen molar-refractivity contribution >= 4 is 0 Å². The van der Waals surface area contributed by atoms with Crippen LogP contribution in [0.1, 0.15) is 33.6 Å². The number of hydrogen-bond acceptors (Lipinski definition) is 3. The minimum atomic E-state index is 0.646. The van der Waals surface area contributed by atoms with Gasteiger partial charge in [0.2, 0.25) is 0 Å². The Labute approximate surface area is 113 Å². The van der Waals surface area contributed by atoms with Crippen LogP contribution in [0, 0.1) is 5.92 Å². The van der Waals surface area contributed by atoms with Crippen LogP contribution >= 0.6 is 0 Å². The van der Waals surface area contributed by atoms with E-state index >= 15 is 0 Å². The van der Waals surface area contributed by atoms with Crippen molar-refractivity contribution in [3.05, 3.63) is 12.7 Å². The second-order valence-corrected chi connectivity index (χ2v) is 5.51. The summed E-state index contributed by atoms with van der Waals surface area (Å²) in [5, 5.41) is 3.65. The van der Waals surface area contributed by atoms with Crippen molar-refractivity contribution in [3.63, 3.8) is 0 Å². The van der Waals surface area contributed by atoms with Gasteiger partial charge < -0.3 is 10.1 Å². The normalized spacial score (nSPS) is 25.6. The zero-order valence-corrected chi connectivity index (χ0v) is 12.3. The van der Waals surface area contributed by atoms with Crippen molar-refractivity contribution in [3.8, 4) is 0 Å². The first-order valence-electron chi connectivity index (χ1n) is 7.35. The monoisotopic (exact) mass is 254 g/mol. The lowest BCUT2D eigenvalue weighted by molar-refractivity contribution is 0.0511. The summed E-state index contributed by atoms with van der Waals surface area (Å²) in [5.41, 5.74) is 0. The van der Waals surface area contributed by atoms with Gasteiger partial charge in [-0.2, -0.15) is 0 Å². The van der Waals surface area contributed by atoms with E-state index in [4.69, 9.17) is 4.74 Å². The molecule has 18 heavy (non-hydrogen) atoms. The van der Waals surface area contributed by atoms with E-state index in [2.05, 4.69) is 37.6 Å². The molecule has 2 atom stereocenters. The van der Waals surface area contributed by atoms with E-state index in [0.29, 0.717) is 18.0 Å². The molecule has 1 heterocycles. The van der Waals surface area contributed by atoms with Crippen molar-refractivity contribution in [2.24, 2.45) is 5.92 Å². The zero-order chi connectivity index (χ0) is 13.4. The summed E-state index contributed by atoms with van der Waals surface area (Å²) in [6.07, 6.45) is 4.07. The van der Waals surface area contributed by atoms with Gasteiger partial charge in [0, 0.05) is 31.7 Å². The van der Waals surface area contributed by atoms with Gasteiger partial charge in [0.25, 0.3) is 0 Å². The maximum atomic E-state index is 5.64. The first-order valence-corrected chi connectivity index (χ1v) is 7.35. The highest BCUT2D eigenvalue weighted by Gasteiger charge is 2.28. The molecule has 0 aromatic heterocycles. The summed E-state index contributed by atoms with van der Waals surface area (Å²) in [7, 11) is 0. The molecular weight excluding hydrogens is 224 g/mol. The minimum Gasteiger partial charge on any atom is -0.380 e. The van der Waals surface area contributed by atoms with Crippen molar-refractivity contribution in [1.82, 2.24) is 10.2 Å². The van der Waals surface area contributed by atoms with E-state index < -0.39 is 0 Å². The van der Waals surface area contributed by atoms with E-state index in [9.17, 15) is 0 Å². The number of nitrogens with one attached hydrogen (secondary N) is 1. The lowest BCUT2D eigenvalue weighted by Gasteiger charge is -2.42. The van der Waals surface area contributed by atoms with Crippen molar-refractivity contribution in [2.75, 3.05) is 32.8 Å². The van der Waals surface area contributed by atoms with Gasteiger partial charge in [-0.05, 0) is 18.8 Å². The molecule has 1 saturated heterocycles. The average molecular weight is 254 g/mol. The average Bonchev–Trinajstić information content (AvgIpc) is 2.38. The Balaban J connectivity index is 2.33. The Bertz CT molecular complexity index is 231. The SMILES string of the molecule is C=CCCOCCN1CC(CC)NCC1C(C)C. The Morgan fingerprint density at radius 2 is 2.22 bits per heavy atom. The maximum Gasteiger partial charge on any atom is 0.0593 e. The summed E-state index contributed by atoms with van der Waals surface area (Å²) in [4.78, 5) is 2.60. The van der Waals surface area contributed by atoms with E-state index in [0.717, 1.165) is 39.3 Å². The van der Waals surface area contributed by atoms with Gasteiger partial charge >= 0.3 is 0 Å². The van der Waals surface area contributed by atoms with Crippen LogP contribution in [0.3, 0.4) is 0 Å². The molecule has 1 aliphatic heterocycles. The third-order valence-corrected chi connectivity index (χ3v) is 3.79. The standard InChI is InChI=1S/C15H30N2O/c1-5-7-9-18-10-8-17-12-14(6-2)16-11-15(17)13(3)4/h5,13-16H,1,6-12H2,2-4H3. The van der Waals surface area contributed by atoms with Crippen molar-refractivity contribution in [2.45, 2.75) is 45.7 Å². The second-order valence-electron chi connectivity index (χ2n) is 5.51. The van der Waals surface area contributed by atoms with Gasteiger partial charge in [0.15, 0.2) is 0 Å². The van der Waals surface area contributed by atoms with Crippen LogP contribution < -0.4 is 5.32 Å². The summed E-state index contributed by atoms with van der Waals surface area (Å²) in [5.74, 6) is 0.698. The molecule has 0 aliphatic carbocycles. The first-order chi connectivity index (χ1) is 8.69. The molecule has 0 aromatic rings. The quantitative estimate of drug-likeness (QED) is 0.531. The summed E-state index contributed by atoms with van der Waals surface area (Å²) in [6, 6.07) is 1.30. The lowest BCUT2D eigenvalue weighted by Crippen LogP contribution is -2.58. The molecule has 0 amide bonds. The predicted molar refractivity (Wildman–Crippen MR) is 77.9 cm³/mol. The number of piperazine rings is 1. The maximum absolute atomic E-state index is 5.64. The third kappa shape index (κ3) is 5.09. The molecule has 1 N–H and O–H groups in total. The number of hydrogen-bond donors (Lipinski definition) is 1. The van der Waals surface area contributed by atoms with Gasteiger partial charge in [0.05, 0.1) is 13.2 Å². The van der Waals surface area contributed by atoms with Crippen molar-refractivity contribution < 1.29 is 4.74 Å². The van der Waals surface area contributed by atoms with Gasteiger partial charge in [-0.25, -0.2) is 0 Å². The van der Waals surface area contributed by atoms with Crippen LogP contribution in [-0.4, -0.2) is 49.8 Å². The number of rotatable bonds is 8. The summed E-state index contributed by atoms with van der Waals surface area (Å²) in [6.45, 7) is 15.6. The minimum absolute atomic E-state index is 0.646. The highest BCUT2D eigenvalue weighted by Crippen LogP contribution is 2.15. The van der Waals surface area contributed by atoms with Crippen molar-refractivity contribution in [1.29, 1.82) is 0 Å². The molecule has 0 aromatic carbocycles.